The first-order valence-electron chi connectivity index (χ1n) is 10.7. The van der Waals surface area contributed by atoms with Crippen molar-refractivity contribution in [2.24, 2.45) is 16.6 Å². The molecule has 0 spiro atoms. The van der Waals surface area contributed by atoms with Gasteiger partial charge in [-0.2, -0.15) is 4.72 Å². The van der Waals surface area contributed by atoms with Gasteiger partial charge in [-0.3, -0.25) is 9.59 Å². The number of nitrogens with zero attached hydrogens (tertiary/aromatic N) is 2. The van der Waals surface area contributed by atoms with Crippen LogP contribution in [0.5, 0.6) is 0 Å². The second-order valence-corrected chi connectivity index (χ2v) is 9.38. The Labute approximate surface area is 198 Å². The van der Waals surface area contributed by atoms with Gasteiger partial charge in [0.25, 0.3) is 0 Å². The number of carbonyl (C=O) groups excluding carboxylic acids is 2. The number of likely N-dealkylation sites (tertiary alicyclic amines) is 1. The third kappa shape index (κ3) is 6.93. The Morgan fingerprint density at radius 3 is 2.44 bits per heavy atom. The van der Waals surface area contributed by atoms with E-state index in [1.54, 1.807) is 12.1 Å². The van der Waals surface area contributed by atoms with E-state index in [0.29, 0.717) is 19.4 Å². The summed E-state index contributed by atoms with van der Waals surface area (Å²) >= 11 is 0. The van der Waals surface area contributed by atoms with Crippen molar-refractivity contribution in [3.8, 4) is 11.1 Å². The maximum Gasteiger partial charge on any atom is 0.241 e. The summed E-state index contributed by atoms with van der Waals surface area (Å²) in [6.07, 6.45) is 0.914. The fourth-order valence-electron chi connectivity index (χ4n) is 3.50. The van der Waals surface area contributed by atoms with Crippen LogP contribution in [-0.4, -0.2) is 63.4 Å². The summed E-state index contributed by atoms with van der Waals surface area (Å²) in [5, 5.41) is 5.91. The number of nitrogens with two attached hydrogens (primary N) is 2. The zero-order valence-corrected chi connectivity index (χ0v) is 19.3. The predicted molar refractivity (Wildman–Crippen MR) is 127 cm³/mol. The lowest BCUT2D eigenvalue weighted by Crippen LogP contribution is -2.54. The van der Waals surface area contributed by atoms with Crippen molar-refractivity contribution in [2.45, 2.75) is 23.8 Å². The van der Waals surface area contributed by atoms with Gasteiger partial charge >= 0.3 is 0 Å². The number of hydrogen-bond donors (Lipinski definition) is 4. The molecular formula is C22H28N6O5S. The maximum absolute atomic E-state index is 12.9. The highest BCUT2D eigenvalue weighted by molar-refractivity contribution is 7.89. The smallest absolute Gasteiger partial charge is 0.241 e. The Kier molecular flexibility index (Phi) is 8.44. The summed E-state index contributed by atoms with van der Waals surface area (Å²) in [5.41, 5.74) is 12.1. The van der Waals surface area contributed by atoms with Gasteiger partial charge in [-0.05, 0) is 41.3 Å². The molecule has 0 radical (unpaired) electrons. The molecule has 11 nitrogen and oxygen atoms in total. The molecule has 1 heterocycles. The first-order valence-corrected chi connectivity index (χ1v) is 12.2. The number of amides is 2. The van der Waals surface area contributed by atoms with E-state index in [1.807, 2.05) is 30.3 Å². The number of guanidine groups is 1. The lowest BCUT2D eigenvalue weighted by atomic mass is 10.1. The number of carbonyl (C=O) groups is 2. The number of piperidine rings is 1. The summed E-state index contributed by atoms with van der Waals surface area (Å²) in [5.74, 6) is -1.07. The molecule has 2 amide bonds. The Hall–Kier alpha value is -3.64. The third-order valence-electron chi connectivity index (χ3n) is 5.12. The number of oxime groups is 1. The van der Waals surface area contributed by atoms with Gasteiger partial charge < -0.3 is 26.5 Å². The van der Waals surface area contributed by atoms with E-state index in [2.05, 4.69) is 15.2 Å². The standard InChI is InChI=1S/C22H28N6O5S/c23-22(24)26-33-14-12-25-20(29)15-28-13-4-7-19(21(28)30)27-34(31,32)18-10-8-17(9-11-18)16-5-2-1-3-6-16/h1-3,5-6,8-11,19,27H,4,7,12-15H2,(H,25,29)(H4,23,24,26)/t19-/m0/s1. The van der Waals surface area contributed by atoms with Crippen molar-refractivity contribution < 1.29 is 22.8 Å². The molecule has 182 valence electrons. The fourth-order valence-corrected chi connectivity index (χ4v) is 4.73. The molecule has 2 aromatic carbocycles. The Balaban J connectivity index is 1.56. The van der Waals surface area contributed by atoms with Crippen molar-refractivity contribution in [3.63, 3.8) is 0 Å². The molecule has 2 aromatic rings. The summed E-state index contributed by atoms with van der Waals surface area (Å²) < 4.78 is 28.2. The number of rotatable bonds is 10. The minimum Gasteiger partial charge on any atom is -0.391 e. The molecule has 6 N–H and O–H groups in total. The molecule has 0 bridgehead atoms. The molecule has 34 heavy (non-hydrogen) atoms. The zero-order chi connectivity index (χ0) is 24.6. The molecule has 3 rings (SSSR count). The molecule has 0 aliphatic carbocycles. The van der Waals surface area contributed by atoms with Gasteiger partial charge in [0.2, 0.25) is 27.8 Å². The van der Waals surface area contributed by atoms with Crippen LogP contribution in [0.25, 0.3) is 11.1 Å². The van der Waals surface area contributed by atoms with Gasteiger partial charge in [0.1, 0.15) is 12.6 Å². The number of hydrogen-bond acceptors (Lipinski definition) is 6. The molecule has 0 unspecified atom stereocenters. The molecule has 0 saturated carbocycles. The highest BCUT2D eigenvalue weighted by Gasteiger charge is 2.33. The summed E-state index contributed by atoms with van der Waals surface area (Å²) in [6, 6.07) is 15.1. The molecule has 12 heteroatoms. The zero-order valence-electron chi connectivity index (χ0n) is 18.5. The van der Waals surface area contributed by atoms with Crippen molar-refractivity contribution in [2.75, 3.05) is 26.2 Å². The first kappa shape index (κ1) is 25.0. The van der Waals surface area contributed by atoms with E-state index in [-0.39, 0.29) is 30.6 Å². The molecular weight excluding hydrogens is 460 g/mol. The van der Waals surface area contributed by atoms with Crippen LogP contribution in [-0.2, 0) is 24.4 Å². The monoisotopic (exact) mass is 488 g/mol. The second-order valence-electron chi connectivity index (χ2n) is 7.67. The number of benzene rings is 2. The molecule has 1 aliphatic rings. The normalized spacial score (nSPS) is 16.1. The van der Waals surface area contributed by atoms with E-state index >= 15 is 0 Å². The van der Waals surface area contributed by atoms with E-state index in [1.165, 1.54) is 17.0 Å². The van der Waals surface area contributed by atoms with E-state index in [0.717, 1.165) is 11.1 Å². The van der Waals surface area contributed by atoms with Crippen molar-refractivity contribution in [1.82, 2.24) is 14.9 Å². The van der Waals surface area contributed by atoms with Gasteiger partial charge in [0.05, 0.1) is 18.0 Å². The average Bonchev–Trinajstić information content (AvgIpc) is 2.82. The van der Waals surface area contributed by atoms with Crippen LogP contribution in [0.1, 0.15) is 12.8 Å². The topological polar surface area (TPSA) is 169 Å². The summed E-state index contributed by atoms with van der Waals surface area (Å²) in [4.78, 5) is 31.1. The highest BCUT2D eigenvalue weighted by Crippen LogP contribution is 2.22. The maximum atomic E-state index is 12.9. The van der Waals surface area contributed by atoms with E-state index < -0.39 is 27.9 Å². The summed E-state index contributed by atoms with van der Waals surface area (Å²) in [6.45, 7) is 0.377. The largest absolute Gasteiger partial charge is 0.391 e. The first-order chi connectivity index (χ1) is 16.3. The average molecular weight is 489 g/mol. The van der Waals surface area contributed by atoms with E-state index in [4.69, 9.17) is 16.3 Å². The minimum atomic E-state index is -3.92. The van der Waals surface area contributed by atoms with Crippen molar-refractivity contribution >= 4 is 27.8 Å². The van der Waals surface area contributed by atoms with Crippen molar-refractivity contribution in [1.29, 1.82) is 0 Å². The van der Waals surface area contributed by atoms with Gasteiger partial charge in [0, 0.05) is 6.54 Å². The number of sulfonamides is 1. The Morgan fingerprint density at radius 1 is 1.09 bits per heavy atom. The lowest BCUT2D eigenvalue weighted by Gasteiger charge is -2.32. The second kappa shape index (κ2) is 11.5. The summed E-state index contributed by atoms with van der Waals surface area (Å²) in [7, 11) is -3.92. The third-order valence-corrected chi connectivity index (χ3v) is 6.61. The molecule has 1 atom stereocenters. The SMILES string of the molecule is NC(N)=NOCCNC(=O)CN1CCC[C@H](NS(=O)(=O)c2ccc(-c3ccccc3)cc2)C1=O. The Morgan fingerprint density at radius 2 is 1.76 bits per heavy atom. The van der Waals surface area contributed by atoms with Gasteiger partial charge in [-0.25, -0.2) is 8.42 Å². The van der Waals surface area contributed by atoms with Crippen LogP contribution in [0.15, 0.2) is 64.6 Å². The van der Waals surface area contributed by atoms with Gasteiger partial charge in [-0.15, -0.1) is 0 Å². The number of nitrogens with one attached hydrogen (secondary N) is 2. The molecule has 1 fully saturated rings. The predicted octanol–water partition coefficient (Wildman–Crippen LogP) is -0.0559. The van der Waals surface area contributed by atoms with Gasteiger partial charge in [0.15, 0.2) is 0 Å². The van der Waals surface area contributed by atoms with Crippen LogP contribution in [0.2, 0.25) is 0 Å². The van der Waals surface area contributed by atoms with Crippen LogP contribution in [0, 0.1) is 0 Å². The quantitative estimate of drug-likeness (QED) is 0.157. The fraction of sp³-hybridized carbons (Fsp3) is 0.318. The minimum absolute atomic E-state index is 0.0586. The molecule has 1 aliphatic heterocycles. The Bertz CT molecular complexity index is 1120. The van der Waals surface area contributed by atoms with Crippen LogP contribution in [0.3, 0.4) is 0 Å². The molecule has 0 aromatic heterocycles. The van der Waals surface area contributed by atoms with Crippen LogP contribution < -0.4 is 21.5 Å². The molecule has 1 saturated heterocycles. The van der Waals surface area contributed by atoms with E-state index in [9.17, 15) is 18.0 Å². The van der Waals surface area contributed by atoms with Crippen LogP contribution >= 0.6 is 0 Å². The highest BCUT2D eigenvalue weighted by atomic mass is 32.2. The van der Waals surface area contributed by atoms with Crippen molar-refractivity contribution in [3.05, 3.63) is 54.6 Å². The van der Waals surface area contributed by atoms with Crippen LogP contribution in [0.4, 0.5) is 0 Å². The van der Waals surface area contributed by atoms with Gasteiger partial charge in [-0.1, -0.05) is 42.5 Å². The lowest BCUT2D eigenvalue weighted by molar-refractivity contribution is -0.139.